The smallest absolute Gasteiger partial charge is 0.332 e. The van der Waals surface area contributed by atoms with E-state index in [0.29, 0.717) is 49.2 Å². The third-order valence-corrected chi connectivity index (χ3v) is 6.83. The molecule has 2 saturated heterocycles. The first-order valence-electron chi connectivity index (χ1n) is 11.9. The number of para-hydroxylation sites is 1. The molecule has 4 amide bonds. The predicted octanol–water partition coefficient (Wildman–Crippen LogP) is 2.80. The van der Waals surface area contributed by atoms with E-state index >= 15 is 0 Å². The predicted molar refractivity (Wildman–Crippen MR) is 131 cm³/mol. The molecule has 0 saturated carbocycles. The van der Waals surface area contributed by atoms with E-state index in [1.165, 1.54) is 4.90 Å². The second kappa shape index (κ2) is 8.98. The normalized spacial score (nSPS) is 17.0. The van der Waals surface area contributed by atoms with E-state index in [1.54, 1.807) is 52.4 Å². The molecule has 0 atom stereocenters. The zero-order chi connectivity index (χ0) is 24.7. The van der Waals surface area contributed by atoms with Gasteiger partial charge in [-0.3, -0.25) is 14.4 Å². The van der Waals surface area contributed by atoms with Crippen LogP contribution in [0.3, 0.4) is 0 Å². The lowest BCUT2D eigenvalue weighted by Crippen LogP contribution is -2.48. The molecule has 9 heteroatoms. The van der Waals surface area contributed by atoms with Gasteiger partial charge in [-0.25, -0.2) is 14.7 Å². The average molecular weight is 474 g/mol. The molecular formula is C26H27N5O4. The van der Waals surface area contributed by atoms with E-state index in [2.05, 4.69) is 4.98 Å². The molecular weight excluding hydrogens is 446 g/mol. The Hall–Kier alpha value is -4.01. The van der Waals surface area contributed by atoms with Gasteiger partial charge in [-0.1, -0.05) is 18.2 Å². The molecule has 5 rings (SSSR count). The number of hydrogen-bond acceptors (Lipinski definition) is 5. The number of aryl methyl sites for hydroxylation is 2. The van der Waals surface area contributed by atoms with Crippen molar-refractivity contribution >= 4 is 34.6 Å². The number of rotatable bonds is 4. The first kappa shape index (κ1) is 22.8. The largest absolute Gasteiger partial charge is 0.338 e. The van der Waals surface area contributed by atoms with Gasteiger partial charge in [0.1, 0.15) is 17.8 Å². The molecule has 0 bridgehead atoms. The van der Waals surface area contributed by atoms with Crippen LogP contribution in [0.15, 0.2) is 53.5 Å². The number of urea groups is 1. The number of fused-ring (bicyclic) bond motifs is 1. The number of carbonyl (C=O) groups excluding carboxylic acids is 3. The van der Waals surface area contributed by atoms with Crippen molar-refractivity contribution in [2.24, 2.45) is 0 Å². The van der Waals surface area contributed by atoms with Crippen LogP contribution in [0.5, 0.6) is 0 Å². The minimum atomic E-state index is -0.325. The highest BCUT2D eigenvalue weighted by Gasteiger charge is 2.42. The van der Waals surface area contributed by atoms with Crippen LogP contribution < -0.4 is 10.3 Å². The molecule has 2 aromatic heterocycles. The number of piperidine rings is 1. The summed E-state index contributed by atoms with van der Waals surface area (Å²) in [7, 11) is 0. The maximum Gasteiger partial charge on any atom is 0.332 e. The van der Waals surface area contributed by atoms with Gasteiger partial charge in [0, 0.05) is 37.6 Å². The summed E-state index contributed by atoms with van der Waals surface area (Å²) < 4.78 is 1.83. The van der Waals surface area contributed by atoms with Crippen LogP contribution >= 0.6 is 0 Å². The molecule has 0 unspecified atom stereocenters. The van der Waals surface area contributed by atoms with Gasteiger partial charge in [-0.15, -0.1) is 0 Å². The Morgan fingerprint density at radius 2 is 1.74 bits per heavy atom. The zero-order valence-electron chi connectivity index (χ0n) is 19.8. The van der Waals surface area contributed by atoms with Gasteiger partial charge in [0.25, 0.3) is 11.8 Å². The standard InChI is InChI=1S/C26H27N5O4/c1-3-28-15-21(23(33)20-10-9-17(2)27-24(20)28)25(34)29-13-11-18(12-14-29)30-16-22(32)31(26(30)35)19-7-5-4-6-8-19/h4-10,15,18H,3,11-14,16H2,1-2H3. The highest BCUT2D eigenvalue weighted by Crippen LogP contribution is 2.26. The van der Waals surface area contributed by atoms with Crippen LogP contribution in [-0.2, 0) is 11.3 Å². The molecule has 35 heavy (non-hydrogen) atoms. The SMILES string of the molecule is CCn1cc(C(=O)N2CCC(N3CC(=O)N(c4ccccc4)C3=O)CC2)c(=O)c2ccc(C)nc21. The third kappa shape index (κ3) is 3.96. The number of nitrogens with zero attached hydrogens (tertiary/aromatic N) is 5. The molecule has 4 heterocycles. The van der Waals surface area contributed by atoms with E-state index in [9.17, 15) is 19.2 Å². The second-order valence-electron chi connectivity index (χ2n) is 8.98. The van der Waals surface area contributed by atoms with E-state index in [4.69, 9.17) is 0 Å². The minimum absolute atomic E-state index is 0.0324. The van der Waals surface area contributed by atoms with Crippen molar-refractivity contribution in [2.45, 2.75) is 39.3 Å². The Labute approximate surface area is 202 Å². The Bertz CT molecular complexity index is 1380. The van der Waals surface area contributed by atoms with Crippen molar-refractivity contribution in [1.82, 2.24) is 19.4 Å². The lowest BCUT2D eigenvalue weighted by atomic mass is 10.0. The highest BCUT2D eigenvalue weighted by atomic mass is 16.2. The maximum atomic E-state index is 13.3. The number of anilines is 1. The van der Waals surface area contributed by atoms with E-state index in [1.807, 2.05) is 24.5 Å². The molecule has 2 fully saturated rings. The number of pyridine rings is 2. The number of aromatic nitrogens is 2. The molecule has 180 valence electrons. The first-order valence-corrected chi connectivity index (χ1v) is 11.9. The van der Waals surface area contributed by atoms with Crippen molar-refractivity contribution in [3.63, 3.8) is 0 Å². The molecule has 0 radical (unpaired) electrons. The Kier molecular flexibility index (Phi) is 5.84. The quantitative estimate of drug-likeness (QED) is 0.543. The van der Waals surface area contributed by atoms with Crippen molar-refractivity contribution in [3.8, 4) is 0 Å². The summed E-state index contributed by atoms with van der Waals surface area (Å²) in [5, 5.41) is 0.431. The van der Waals surface area contributed by atoms with Gasteiger partial charge >= 0.3 is 6.03 Å². The fraction of sp³-hybridized carbons (Fsp3) is 0.346. The third-order valence-electron chi connectivity index (χ3n) is 6.83. The fourth-order valence-corrected chi connectivity index (χ4v) is 4.94. The molecule has 9 nitrogen and oxygen atoms in total. The molecule has 0 aliphatic carbocycles. The van der Waals surface area contributed by atoms with Gasteiger partial charge < -0.3 is 14.4 Å². The maximum absolute atomic E-state index is 13.3. The van der Waals surface area contributed by atoms with Crippen molar-refractivity contribution < 1.29 is 14.4 Å². The summed E-state index contributed by atoms with van der Waals surface area (Å²) in [6.45, 7) is 5.24. The topological polar surface area (TPSA) is 95.8 Å². The van der Waals surface area contributed by atoms with Crippen molar-refractivity contribution in [1.29, 1.82) is 0 Å². The minimum Gasteiger partial charge on any atom is -0.338 e. The van der Waals surface area contributed by atoms with Crippen molar-refractivity contribution in [2.75, 3.05) is 24.5 Å². The molecule has 3 aromatic rings. The summed E-state index contributed by atoms with van der Waals surface area (Å²) in [5.41, 5.74) is 1.76. The van der Waals surface area contributed by atoms with Crippen LogP contribution in [0, 0.1) is 6.92 Å². The molecule has 0 spiro atoms. The van der Waals surface area contributed by atoms with Gasteiger partial charge in [0.15, 0.2) is 0 Å². The number of carbonyl (C=O) groups is 3. The average Bonchev–Trinajstić information content (AvgIpc) is 3.18. The van der Waals surface area contributed by atoms with Crippen molar-refractivity contribution in [3.05, 3.63) is 70.1 Å². The van der Waals surface area contributed by atoms with Crippen LogP contribution in [-0.4, -0.2) is 62.9 Å². The van der Waals surface area contributed by atoms with Crippen LogP contribution in [0.25, 0.3) is 11.0 Å². The Balaban J connectivity index is 1.32. The van der Waals surface area contributed by atoms with Gasteiger partial charge in [0.2, 0.25) is 5.43 Å². The van der Waals surface area contributed by atoms with E-state index in [0.717, 1.165) is 5.69 Å². The Morgan fingerprint density at radius 1 is 1.03 bits per heavy atom. The summed E-state index contributed by atoms with van der Waals surface area (Å²) in [5.74, 6) is -0.562. The fourth-order valence-electron chi connectivity index (χ4n) is 4.94. The molecule has 0 N–H and O–H groups in total. The van der Waals surface area contributed by atoms with Crippen LogP contribution in [0.1, 0.15) is 35.8 Å². The lowest BCUT2D eigenvalue weighted by Gasteiger charge is -2.36. The summed E-state index contributed by atoms with van der Waals surface area (Å²) in [4.78, 5) is 61.0. The molecule has 1 aromatic carbocycles. The van der Waals surface area contributed by atoms with Crippen LogP contribution in [0.2, 0.25) is 0 Å². The molecule has 2 aliphatic rings. The molecule has 2 aliphatic heterocycles. The van der Waals surface area contributed by atoms with Gasteiger partial charge in [-0.05, 0) is 51.0 Å². The summed E-state index contributed by atoms with van der Waals surface area (Å²) in [6, 6.07) is 11.9. The van der Waals surface area contributed by atoms with E-state index < -0.39 is 0 Å². The second-order valence-corrected chi connectivity index (χ2v) is 8.98. The number of benzene rings is 1. The number of hydrogen-bond donors (Lipinski definition) is 0. The monoisotopic (exact) mass is 473 g/mol. The lowest BCUT2D eigenvalue weighted by molar-refractivity contribution is -0.116. The highest BCUT2D eigenvalue weighted by molar-refractivity contribution is 6.19. The number of imide groups is 1. The zero-order valence-corrected chi connectivity index (χ0v) is 19.8. The van der Waals surface area contributed by atoms with Gasteiger partial charge in [-0.2, -0.15) is 0 Å². The summed E-state index contributed by atoms with van der Waals surface area (Å²) in [6.07, 6.45) is 2.69. The van der Waals surface area contributed by atoms with E-state index in [-0.39, 0.29) is 41.4 Å². The summed E-state index contributed by atoms with van der Waals surface area (Å²) >= 11 is 0. The first-order chi connectivity index (χ1) is 16.9. The van der Waals surface area contributed by atoms with Gasteiger partial charge in [0.05, 0.1) is 11.1 Å². The Morgan fingerprint density at radius 3 is 2.43 bits per heavy atom. The van der Waals surface area contributed by atoms with Crippen LogP contribution in [0.4, 0.5) is 10.5 Å². The number of likely N-dealkylation sites (tertiary alicyclic amines) is 1. The number of amides is 4.